The van der Waals surface area contributed by atoms with Gasteiger partial charge >= 0.3 is 0 Å². The van der Waals surface area contributed by atoms with Crippen LogP contribution < -0.4 is 4.74 Å². The molecule has 168 valence electrons. The molecule has 1 fully saturated rings. The van der Waals surface area contributed by atoms with Gasteiger partial charge in [-0.1, -0.05) is 76.6 Å². The zero-order valence-corrected chi connectivity index (χ0v) is 20.4. The van der Waals surface area contributed by atoms with E-state index in [1.54, 1.807) is 7.11 Å². The average molecular weight is 503 g/mol. The van der Waals surface area contributed by atoms with Gasteiger partial charge in [-0.25, -0.2) is 4.98 Å². The van der Waals surface area contributed by atoms with Crippen LogP contribution in [-0.4, -0.2) is 42.2 Å². The first-order valence-corrected chi connectivity index (χ1v) is 12.0. The van der Waals surface area contributed by atoms with E-state index >= 15 is 0 Å². The van der Waals surface area contributed by atoms with Gasteiger partial charge in [0.1, 0.15) is 5.60 Å². The highest BCUT2D eigenvalue weighted by Crippen LogP contribution is 2.51. The first kappa shape index (κ1) is 22.1. The van der Waals surface area contributed by atoms with E-state index in [-0.39, 0.29) is 11.8 Å². The Bertz CT molecular complexity index is 1260. The molecule has 5 heteroatoms. The number of ether oxygens (including phenoxy) is 1. The lowest BCUT2D eigenvalue weighted by molar-refractivity contribution is -0.0961. The molecule has 1 aliphatic rings. The number of aromatic nitrogens is 1. The van der Waals surface area contributed by atoms with Crippen molar-refractivity contribution in [2.75, 3.05) is 27.2 Å². The van der Waals surface area contributed by atoms with E-state index in [0.29, 0.717) is 5.88 Å². The molecule has 1 aliphatic heterocycles. The van der Waals surface area contributed by atoms with Crippen molar-refractivity contribution < 1.29 is 9.84 Å². The van der Waals surface area contributed by atoms with E-state index in [2.05, 4.69) is 52.1 Å². The van der Waals surface area contributed by atoms with Crippen molar-refractivity contribution >= 4 is 26.8 Å². The molecule has 1 saturated heterocycles. The van der Waals surface area contributed by atoms with Gasteiger partial charge in [-0.2, -0.15) is 0 Å². The van der Waals surface area contributed by atoms with Gasteiger partial charge in [0.2, 0.25) is 5.88 Å². The summed E-state index contributed by atoms with van der Waals surface area (Å²) in [6.45, 7) is 1.65. The van der Waals surface area contributed by atoms with Crippen LogP contribution in [0.5, 0.6) is 5.88 Å². The quantitative estimate of drug-likeness (QED) is 0.373. The molecule has 2 unspecified atom stereocenters. The molecule has 1 aromatic heterocycles. The Morgan fingerprint density at radius 3 is 2.30 bits per heavy atom. The molecule has 2 atom stereocenters. The average Bonchev–Trinajstić information content (AvgIpc) is 2.83. The van der Waals surface area contributed by atoms with Gasteiger partial charge in [-0.05, 0) is 42.4 Å². The van der Waals surface area contributed by atoms with E-state index in [1.165, 1.54) is 0 Å². The van der Waals surface area contributed by atoms with Crippen molar-refractivity contribution in [1.82, 2.24) is 9.88 Å². The second-order valence-corrected chi connectivity index (χ2v) is 9.79. The maximum absolute atomic E-state index is 12.7. The summed E-state index contributed by atoms with van der Waals surface area (Å²) in [7, 11) is 3.74. The standard InChI is InChI=1S/C28H27BrN2O2/c1-31-17-22(18-31)28(32,21-11-7-4-8-12-21)26(19-9-5-3-6-10-19)24-16-20-15-23(29)13-14-25(20)30-27(24)33-2/h3-16,22,26,32H,17-18H2,1-2H3. The summed E-state index contributed by atoms with van der Waals surface area (Å²) in [4.78, 5) is 7.09. The summed E-state index contributed by atoms with van der Waals surface area (Å²) in [6.07, 6.45) is 0. The smallest absolute Gasteiger partial charge is 0.217 e. The van der Waals surface area contributed by atoms with E-state index in [9.17, 15) is 5.11 Å². The van der Waals surface area contributed by atoms with E-state index in [0.717, 1.165) is 45.2 Å². The molecule has 0 radical (unpaired) electrons. The summed E-state index contributed by atoms with van der Waals surface area (Å²) in [6, 6.07) is 28.4. The van der Waals surface area contributed by atoms with Crippen molar-refractivity contribution in [3.05, 3.63) is 106 Å². The van der Waals surface area contributed by atoms with Gasteiger partial charge in [0.15, 0.2) is 0 Å². The van der Waals surface area contributed by atoms with Crippen LogP contribution in [0.1, 0.15) is 22.6 Å². The number of likely N-dealkylation sites (tertiary alicyclic amines) is 1. The number of benzene rings is 3. The van der Waals surface area contributed by atoms with Crippen LogP contribution in [0, 0.1) is 5.92 Å². The number of nitrogens with zero attached hydrogens (tertiary/aromatic N) is 2. The Labute approximate surface area is 203 Å². The van der Waals surface area contributed by atoms with E-state index in [1.807, 2.05) is 60.7 Å². The second kappa shape index (κ2) is 8.90. The van der Waals surface area contributed by atoms with Gasteiger partial charge in [0.25, 0.3) is 0 Å². The van der Waals surface area contributed by atoms with Crippen molar-refractivity contribution in [2.45, 2.75) is 11.5 Å². The van der Waals surface area contributed by atoms with Crippen molar-refractivity contribution in [3.63, 3.8) is 0 Å². The topological polar surface area (TPSA) is 45.6 Å². The number of hydrogen-bond acceptors (Lipinski definition) is 4. The fraction of sp³-hybridized carbons (Fsp3) is 0.250. The molecule has 0 bridgehead atoms. The molecule has 4 nitrogen and oxygen atoms in total. The maximum Gasteiger partial charge on any atom is 0.217 e. The Balaban J connectivity index is 1.80. The SMILES string of the molecule is COc1nc2ccc(Br)cc2cc1C(c1ccccc1)C(O)(c1ccccc1)C1CN(C)C1. The normalized spacial score (nSPS) is 17.3. The summed E-state index contributed by atoms with van der Waals surface area (Å²) < 4.78 is 6.81. The minimum Gasteiger partial charge on any atom is -0.481 e. The maximum atomic E-state index is 12.7. The van der Waals surface area contributed by atoms with Crippen LogP contribution in [0.25, 0.3) is 10.9 Å². The predicted octanol–water partition coefficient (Wildman–Crippen LogP) is 5.59. The third kappa shape index (κ3) is 3.95. The van der Waals surface area contributed by atoms with Crippen LogP contribution in [0.2, 0.25) is 0 Å². The summed E-state index contributed by atoms with van der Waals surface area (Å²) in [5.74, 6) is 0.254. The second-order valence-electron chi connectivity index (χ2n) is 8.88. The van der Waals surface area contributed by atoms with Gasteiger partial charge in [-0.3, -0.25) is 0 Å². The van der Waals surface area contributed by atoms with E-state index in [4.69, 9.17) is 9.72 Å². The summed E-state index contributed by atoms with van der Waals surface area (Å²) >= 11 is 3.59. The van der Waals surface area contributed by atoms with Gasteiger partial charge in [0, 0.05) is 40.3 Å². The third-order valence-corrected chi connectivity index (χ3v) is 7.26. The third-order valence-electron chi connectivity index (χ3n) is 6.77. The van der Waals surface area contributed by atoms with Gasteiger partial charge in [-0.15, -0.1) is 0 Å². The molecule has 1 N–H and O–H groups in total. The number of fused-ring (bicyclic) bond motifs is 1. The molecule has 5 rings (SSSR count). The van der Waals surface area contributed by atoms with Crippen LogP contribution in [-0.2, 0) is 5.60 Å². The van der Waals surface area contributed by atoms with Crippen molar-refractivity contribution in [3.8, 4) is 5.88 Å². The number of rotatable bonds is 6. The first-order chi connectivity index (χ1) is 16.0. The highest BCUT2D eigenvalue weighted by molar-refractivity contribution is 9.10. The van der Waals surface area contributed by atoms with Crippen LogP contribution in [0.15, 0.2) is 89.4 Å². The Morgan fingerprint density at radius 2 is 1.67 bits per heavy atom. The van der Waals surface area contributed by atoms with Gasteiger partial charge in [0.05, 0.1) is 12.6 Å². The summed E-state index contributed by atoms with van der Waals surface area (Å²) in [5.41, 5.74) is 2.55. The highest BCUT2D eigenvalue weighted by atomic mass is 79.9. The molecule has 3 aromatic carbocycles. The van der Waals surface area contributed by atoms with Crippen molar-refractivity contribution in [1.29, 1.82) is 0 Å². The Hall–Kier alpha value is -2.73. The van der Waals surface area contributed by atoms with Crippen molar-refractivity contribution in [2.24, 2.45) is 5.92 Å². The predicted molar refractivity (Wildman–Crippen MR) is 136 cm³/mol. The minimum atomic E-state index is -1.14. The zero-order valence-electron chi connectivity index (χ0n) is 18.8. The lowest BCUT2D eigenvalue weighted by atomic mass is 9.65. The van der Waals surface area contributed by atoms with Crippen LogP contribution >= 0.6 is 15.9 Å². The fourth-order valence-electron chi connectivity index (χ4n) is 5.15. The highest BCUT2D eigenvalue weighted by Gasteiger charge is 2.51. The molecule has 33 heavy (non-hydrogen) atoms. The number of methoxy groups -OCH3 is 1. The summed E-state index contributed by atoms with van der Waals surface area (Å²) in [5, 5.41) is 13.7. The van der Waals surface area contributed by atoms with Gasteiger partial charge < -0.3 is 14.7 Å². The molecular weight excluding hydrogens is 476 g/mol. The lowest BCUT2D eigenvalue weighted by Gasteiger charge is -2.50. The monoisotopic (exact) mass is 502 g/mol. The molecule has 4 aromatic rings. The minimum absolute atomic E-state index is 0.0676. The van der Waals surface area contributed by atoms with E-state index < -0.39 is 5.60 Å². The molecule has 0 amide bonds. The largest absolute Gasteiger partial charge is 0.481 e. The van der Waals surface area contributed by atoms with Crippen LogP contribution in [0.4, 0.5) is 0 Å². The number of aliphatic hydroxyl groups is 1. The number of halogens is 1. The van der Waals surface area contributed by atoms with Crippen LogP contribution in [0.3, 0.4) is 0 Å². The molecule has 0 aliphatic carbocycles. The molecular formula is C28H27BrN2O2. The zero-order chi connectivity index (χ0) is 23.0. The Kier molecular flexibility index (Phi) is 5.95. The lowest BCUT2D eigenvalue weighted by Crippen LogP contribution is -2.57. The molecule has 2 heterocycles. The first-order valence-electron chi connectivity index (χ1n) is 11.2. The molecule has 0 saturated carbocycles. The molecule has 0 spiro atoms. The number of pyridine rings is 1. The Morgan fingerprint density at radius 1 is 1.00 bits per heavy atom. The fourth-order valence-corrected chi connectivity index (χ4v) is 5.53. The number of hydrogen-bond donors (Lipinski definition) is 1.